The zero-order chi connectivity index (χ0) is 21.4. The van der Waals surface area contributed by atoms with E-state index in [0.717, 1.165) is 11.1 Å². The van der Waals surface area contributed by atoms with Gasteiger partial charge in [-0.2, -0.15) is 0 Å². The maximum Gasteiger partial charge on any atom is 0.350 e. The minimum Gasteiger partial charge on any atom is -0.506 e. The van der Waals surface area contributed by atoms with E-state index in [1.165, 1.54) is 7.11 Å². The van der Waals surface area contributed by atoms with E-state index in [4.69, 9.17) is 6.42 Å². The smallest absolute Gasteiger partial charge is 0.350 e. The molecular formula is C24H23NO4. The molecule has 1 amide bonds. The predicted octanol–water partition coefficient (Wildman–Crippen LogP) is 4.12. The Hall–Kier alpha value is -3.78. The summed E-state index contributed by atoms with van der Waals surface area (Å²) in [5.74, 6) is 0.625. The largest absolute Gasteiger partial charge is 0.506 e. The van der Waals surface area contributed by atoms with Crippen LogP contribution in [0.5, 0.6) is 0 Å². The number of ether oxygens (including phenoxy) is 1. The molecule has 0 aliphatic heterocycles. The van der Waals surface area contributed by atoms with Crippen LogP contribution in [-0.4, -0.2) is 24.1 Å². The number of aliphatic hydroxyl groups excluding tert-OH is 1. The highest BCUT2D eigenvalue weighted by atomic mass is 16.5. The van der Waals surface area contributed by atoms with Crippen molar-refractivity contribution in [2.75, 3.05) is 7.11 Å². The van der Waals surface area contributed by atoms with Gasteiger partial charge >= 0.3 is 5.97 Å². The molecule has 148 valence electrons. The predicted molar refractivity (Wildman–Crippen MR) is 114 cm³/mol. The van der Waals surface area contributed by atoms with E-state index < -0.39 is 11.7 Å². The highest BCUT2D eigenvalue weighted by molar-refractivity contribution is 6.04. The quantitative estimate of drug-likeness (QED) is 0.337. The van der Waals surface area contributed by atoms with Gasteiger partial charge in [0.15, 0.2) is 5.57 Å². The summed E-state index contributed by atoms with van der Waals surface area (Å²) in [5, 5.41) is 13.6. The molecule has 2 aromatic carbocycles. The van der Waals surface area contributed by atoms with Crippen molar-refractivity contribution in [3.8, 4) is 12.3 Å². The van der Waals surface area contributed by atoms with E-state index in [0.29, 0.717) is 17.7 Å². The number of benzene rings is 2. The molecule has 0 heterocycles. The van der Waals surface area contributed by atoms with Gasteiger partial charge in [0.2, 0.25) is 0 Å². The SMILES string of the molecule is C#C/C(C(=O)OC)=C(/O)c1cccc(C(=O)NCc2ccccc2)c1/C(C)=C\C. The second kappa shape index (κ2) is 9.95. The normalized spacial score (nSPS) is 11.9. The summed E-state index contributed by atoms with van der Waals surface area (Å²) in [6, 6.07) is 14.4. The van der Waals surface area contributed by atoms with E-state index >= 15 is 0 Å². The van der Waals surface area contributed by atoms with Gasteiger partial charge in [0.1, 0.15) is 5.76 Å². The van der Waals surface area contributed by atoms with Crippen LogP contribution in [0.1, 0.15) is 40.9 Å². The Bertz CT molecular complexity index is 1010. The molecule has 0 aliphatic carbocycles. The fourth-order valence-corrected chi connectivity index (χ4v) is 2.84. The third-order valence-corrected chi connectivity index (χ3v) is 4.46. The van der Waals surface area contributed by atoms with Crippen LogP contribution in [0.3, 0.4) is 0 Å². The Kier molecular flexibility index (Phi) is 7.39. The number of aliphatic hydroxyl groups is 1. The van der Waals surface area contributed by atoms with Crippen LogP contribution in [0.4, 0.5) is 0 Å². The first-order valence-electron chi connectivity index (χ1n) is 9.01. The van der Waals surface area contributed by atoms with Gasteiger partial charge in [-0.05, 0) is 31.1 Å². The van der Waals surface area contributed by atoms with E-state index in [1.807, 2.05) is 50.3 Å². The molecule has 0 saturated heterocycles. The summed E-state index contributed by atoms with van der Waals surface area (Å²) in [6.45, 7) is 3.99. The number of carbonyl (C=O) groups excluding carboxylic acids is 2. The second-order valence-electron chi connectivity index (χ2n) is 6.23. The molecule has 2 rings (SSSR count). The molecular weight excluding hydrogens is 366 g/mol. The van der Waals surface area contributed by atoms with E-state index in [2.05, 4.69) is 16.0 Å². The Labute approximate surface area is 170 Å². The molecule has 0 aromatic heterocycles. The number of methoxy groups -OCH3 is 1. The first kappa shape index (κ1) is 21.5. The van der Waals surface area contributed by atoms with Gasteiger partial charge in [0.25, 0.3) is 5.91 Å². The summed E-state index contributed by atoms with van der Waals surface area (Å²) in [5.41, 5.74) is 2.55. The number of amides is 1. The third-order valence-electron chi connectivity index (χ3n) is 4.46. The average molecular weight is 389 g/mol. The van der Waals surface area contributed by atoms with Crippen molar-refractivity contribution in [2.45, 2.75) is 20.4 Å². The van der Waals surface area contributed by atoms with Crippen LogP contribution in [0.15, 0.2) is 60.2 Å². The number of terminal acetylenes is 1. The highest BCUT2D eigenvalue weighted by Crippen LogP contribution is 2.29. The lowest BCUT2D eigenvalue weighted by Crippen LogP contribution is -2.24. The van der Waals surface area contributed by atoms with Crippen molar-refractivity contribution < 1.29 is 19.4 Å². The van der Waals surface area contributed by atoms with Crippen LogP contribution >= 0.6 is 0 Å². The molecule has 2 N–H and O–H groups in total. The van der Waals surface area contributed by atoms with Crippen molar-refractivity contribution >= 4 is 23.2 Å². The van der Waals surface area contributed by atoms with Gasteiger partial charge in [-0.3, -0.25) is 4.79 Å². The summed E-state index contributed by atoms with van der Waals surface area (Å²) < 4.78 is 4.64. The molecule has 0 unspecified atom stereocenters. The number of carbonyl (C=O) groups is 2. The molecule has 5 nitrogen and oxygen atoms in total. The molecule has 5 heteroatoms. The second-order valence-corrected chi connectivity index (χ2v) is 6.23. The van der Waals surface area contributed by atoms with E-state index in [9.17, 15) is 14.7 Å². The lowest BCUT2D eigenvalue weighted by atomic mass is 9.92. The van der Waals surface area contributed by atoms with E-state index in [1.54, 1.807) is 18.2 Å². The zero-order valence-corrected chi connectivity index (χ0v) is 16.7. The molecule has 0 fully saturated rings. The number of esters is 1. The van der Waals surface area contributed by atoms with Crippen LogP contribution in [0.2, 0.25) is 0 Å². The summed E-state index contributed by atoms with van der Waals surface area (Å²) in [4.78, 5) is 24.8. The van der Waals surface area contributed by atoms with Crippen LogP contribution in [0, 0.1) is 12.3 Å². The van der Waals surface area contributed by atoms with Gasteiger partial charge in [-0.15, -0.1) is 6.42 Å². The fourth-order valence-electron chi connectivity index (χ4n) is 2.84. The van der Waals surface area contributed by atoms with Crippen molar-refractivity contribution in [1.82, 2.24) is 5.32 Å². The number of nitrogens with one attached hydrogen (secondary N) is 1. The Balaban J connectivity index is 2.53. The lowest BCUT2D eigenvalue weighted by molar-refractivity contribution is -0.135. The molecule has 0 aliphatic rings. The standard InChI is InChI=1S/C24H23NO4/c1-5-16(3)21-19(22(26)18(6-2)24(28)29-4)13-10-14-20(21)23(27)25-15-17-11-8-7-9-12-17/h2,5,7-14,26H,15H2,1,3-4H3,(H,25,27)/b16-5-,22-18-. The third kappa shape index (κ3) is 4.94. The molecule has 2 aromatic rings. The van der Waals surface area contributed by atoms with Crippen LogP contribution < -0.4 is 5.32 Å². The fraction of sp³-hybridized carbons (Fsp3) is 0.167. The Morgan fingerprint density at radius 2 is 1.79 bits per heavy atom. The lowest BCUT2D eigenvalue weighted by Gasteiger charge is -2.16. The van der Waals surface area contributed by atoms with Gasteiger partial charge in [-0.1, -0.05) is 54.5 Å². The number of allylic oxidation sites excluding steroid dienone is 2. The van der Waals surface area contributed by atoms with Gasteiger partial charge in [0.05, 0.1) is 7.11 Å². The molecule has 0 spiro atoms. The highest BCUT2D eigenvalue weighted by Gasteiger charge is 2.22. The first-order valence-corrected chi connectivity index (χ1v) is 9.01. The zero-order valence-electron chi connectivity index (χ0n) is 16.7. The molecule has 29 heavy (non-hydrogen) atoms. The van der Waals surface area contributed by atoms with Crippen molar-refractivity contribution in [1.29, 1.82) is 0 Å². The average Bonchev–Trinajstić information content (AvgIpc) is 2.77. The van der Waals surface area contributed by atoms with Crippen LogP contribution in [0.25, 0.3) is 11.3 Å². The summed E-state index contributed by atoms with van der Waals surface area (Å²) in [7, 11) is 1.18. The molecule has 0 saturated carbocycles. The minimum atomic E-state index is -0.826. The number of hydrogen-bond acceptors (Lipinski definition) is 4. The monoisotopic (exact) mass is 389 g/mol. The molecule has 0 atom stereocenters. The molecule has 0 bridgehead atoms. The first-order chi connectivity index (χ1) is 13.9. The van der Waals surface area contributed by atoms with Gasteiger partial charge in [0, 0.05) is 23.2 Å². The number of hydrogen-bond donors (Lipinski definition) is 2. The van der Waals surface area contributed by atoms with Crippen molar-refractivity contribution in [2.24, 2.45) is 0 Å². The maximum atomic E-state index is 12.9. The van der Waals surface area contributed by atoms with Crippen molar-refractivity contribution in [3.05, 3.63) is 82.4 Å². The summed E-state index contributed by atoms with van der Waals surface area (Å²) in [6.07, 6.45) is 7.21. The Morgan fingerprint density at radius 1 is 1.14 bits per heavy atom. The minimum absolute atomic E-state index is 0.284. The van der Waals surface area contributed by atoms with Gasteiger partial charge < -0.3 is 15.2 Å². The van der Waals surface area contributed by atoms with Gasteiger partial charge in [-0.25, -0.2) is 4.79 Å². The van der Waals surface area contributed by atoms with Crippen LogP contribution in [-0.2, 0) is 16.1 Å². The summed E-state index contributed by atoms with van der Waals surface area (Å²) >= 11 is 0. The van der Waals surface area contributed by atoms with Crippen molar-refractivity contribution in [3.63, 3.8) is 0 Å². The Morgan fingerprint density at radius 3 is 2.38 bits per heavy atom. The molecule has 0 radical (unpaired) electrons. The maximum absolute atomic E-state index is 12.9. The number of rotatable bonds is 6. The van der Waals surface area contributed by atoms with E-state index in [-0.39, 0.29) is 17.0 Å². The topological polar surface area (TPSA) is 75.6 Å².